The summed E-state index contributed by atoms with van der Waals surface area (Å²) in [5, 5.41) is 6.85. The summed E-state index contributed by atoms with van der Waals surface area (Å²) >= 11 is 0. The van der Waals surface area contributed by atoms with Crippen molar-refractivity contribution in [2.75, 3.05) is 6.54 Å². The number of nitrogens with one attached hydrogen (secondary N) is 1. The Hall–Kier alpha value is -2.19. The number of benzene rings is 1. The molecule has 1 amide bonds. The van der Waals surface area contributed by atoms with Crippen molar-refractivity contribution in [1.29, 1.82) is 0 Å². The molecule has 1 saturated heterocycles. The van der Waals surface area contributed by atoms with Crippen LogP contribution in [0.15, 0.2) is 40.9 Å². The average molecular weight is 404 g/mol. The number of hydrogen-bond acceptors (Lipinski definition) is 5. The highest BCUT2D eigenvalue weighted by Crippen LogP contribution is 2.40. The first-order valence-corrected chi connectivity index (χ1v) is 11.3. The molecule has 1 N–H and O–H groups in total. The Morgan fingerprint density at radius 1 is 1.25 bits per heavy atom. The topological polar surface area (TPSA) is 92.5 Å². The molecular weight excluding hydrogens is 378 g/mol. The number of nitrogens with zero attached hydrogens (tertiary/aromatic N) is 2. The number of amides is 1. The van der Waals surface area contributed by atoms with Crippen LogP contribution in [0.25, 0.3) is 0 Å². The Kier molecular flexibility index (Phi) is 5.25. The molecule has 2 atom stereocenters. The van der Waals surface area contributed by atoms with Gasteiger partial charge in [-0.2, -0.15) is 4.31 Å². The monoisotopic (exact) mass is 403 g/mol. The summed E-state index contributed by atoms with van der Waals surface area (Å²) < 4.78 is 32.4. The zero-order chi connectivity index (χ0) is 19.7. The van der Waals surface area contributed by atoms with Gasteiger partial charge >= 0.3 is 0 Å². The molecule has 0 bridgehead atoms. The molecule has 4 rings (SSSR count). The van der Waals surface area contributed by atoms with E-state index < -0.39 is 10.0 Å². The van der Waals surface area contributed by atoms with Crippen molar-refractivity contribution in [3.63, 3.8) is 0 Å². The lowest BCUT2D eigenvalue weighted by Crippen LogP contribution is -2.51. The molecule has 0 spiro atoms. The molecule has 1 aliphatic carbocycles. The molecule has 0 unspecified atom stereocenters. The minimum Gasteiger partial charge on any atom is -0.360 e. The Morgan fingerprint density at radius 3 is 2.68 bits per heavy atom. The predicted octanol–water partition coefficient (Wildman–Crippen LogP) is 2.66. The minimum absolute atomic E-state index is 0.00190. The number of aromatic nitrogens is 1. The molecule has 150 valence electrons. The lowest BCUT2D eigenvalue weighted by Gasteiger charge is -2.36. The smallest absolute Gasteiger partial charge is 0.273 e. The average Bonchev–Trinajstić information content (AvgIpc) is 3.38. The largest absolute Gasteiger partial charge is 0.360 e. The molecule has 2 heterocycles. The normalized spacial score (nSPS) is 23.5. The fraction of sp³-hybridized carbons (Fsp3) is 0.500. The lowest BCUT2D eigenvalue weighted by atomic mass is 10.0. The van der Waals surface area contributed by atoms with Gasteiger partial charge in [0.2, 0.25) is 10.0 Å². The SMILES string of the molecule is C[C@H]1C[C@H](NC(=O)c2cc(C3CC3)on2)CCN1S(=O)(=O)Cc1ccccc1. The van der Waals surface area contributed by atoms with Crippen LogP contribution in [0.2, 0.25) is 0 Å². The third kappa shape index (κ3) is 4.28. The maximum absolute atomic E-state index is 12.8. The lowest BCUT2D eigenvalue weighted by molar-refractivity contribution is 0.0905. The van der Waals surface area contributed by atoms with Gasteiger partial charge in [-0.15, -0.1) is 0 Å². The molecule has 2 aliphatic rings. The van der Waals surface area contributed by atoms with Crippen molar-refractivity contribution in [3.05, 3.63) is 53.4 Å². The summed E-state index contributed by atoms with van der Waals surface area (Å²) in [6, 6.07) is 10.7. The van der Waals surface area contributed by atoms with Crippen LogP contribution in [0.4, 0.5) is 0 Å². The van der Waals surface area contributed by atoms with Gasteiger partial charge in [-0.3, -0.25) is 4.79 Å². The number of carbonyl (C=O) groups excluding carboxylic acids is 1. The number of hydrogen-bond donors (Lipinski definition) is 1. The summed E-state index contributed by atoms with van der Waals surface area (Å²) in [6.45, 7) is 2.29. The van der Waals surface area contributed by atoms with Crippen molar-refractivity contribution in [2.24, 2.45) is 0 Å². The number of sulfonamides is 1. The van der Waals surface area contributed by atoms with Gasteiger partial charge in [-0.25, -0.2) is 8.42 Å². The summed E-state index contributed by atoms with van der Waals surface area (Å²) in [5.41, 5.74) is 1.08. The zero-order valence-electron chi connectivity index (χ0n) is 15.9. The van der Waals surface area contributed by atoms with Crippen molar-refractivity contribution in [3.8, 4) is 0 Å². The van der Waals surface area contributed by atoms with E-state index in [4.69, 9.17) is 4.52 Å². The third-order valence-electron chi connectivity index (χ3n) is 5.44. The van der Waals surface area contributed by atoms with Gasteiger partial charge in [0.25, 0.3) is 5.91 Å². The fourth-order valence-electron chi connectivity index (χ4n) is 3.78. The summed E-state index contributed by atoms with van der Waals surface area (Å²) in [4.78, 5) is 12.4. The van der Waals surface area contributed by atoms with E-state index in [0.29, 0.717) is 31.0 Å². The van der Waals surface area contributed by atoms with Gasteiger partial charge < -0.3 is 9.84 Å². The van der Waals surface area contributed by atoms with Crippen LogP contribution in [0.3, 0.4) is 0 Å². The molecule has 1 saturated carbocycles. The van der Waals surface area contributed by atoms with Gasteiger partial charge in [0.05, 0.1) is 5.75 Å². The minimum atomic E-state index is -3.40. The first-order chi connectivity index (χ1) is 13.4. The van der Waals surface area contributed by atoms with E-state index in [1.165, 1.54) is 0 Å². The maximum Gasteiger partial charge on any atom is 0.273 e. The molecule has 1 aliphatic heterocycles. The van der Waals surface area contributed by atoms with Crippen LogP contribution >= 0.6 is 0 Å². The summed E-state index contributed by atoms with van der Waals surface area (Å²) in [5.74, 6) is 0.930. The highest BCUT2D eigenvalue weighted by atomic mass is 32.2. The zero-order valence-corrected chi connectivity index (χ0v) is 16.7. The van der Waals surface area contributed by atoms with E-state index in [9.17, 15) is 13.2 Å². The van der Waals surface area contributed by atoms with Gasteiger partial charge in [0, 0.05) is 30.6 Å². The van der Waals surface area contributed by atoms with E-state index in [-0.39, 0.29) is 23.7 Å². The van der Waals surface area contributed by atoms with Crippen molar-refractivity contribution in [1.82, 2.24) is 14.8 Å². The summed E-state index contributed by atoms with van der Waals surface area (Å²) in [7, 11) is -3.40. The van der Waals surface area contributed by atoms with Crippen LogP contribution in [0, 0.1) is 0 Å². The van der Waals surface area contributed by atoms with Gasteiger partial charge in [0.1, 0.15) is 5.76 Å². The molecular formula is C20H25N3O4S. The number of carbonyl (C=O) groups is 1. The van der Waals surface area contributed by atoms with Crippen LogP contribution in [-0.4, -0.2) is 42.4 Å². The van der Waals surface area contributed by atoms with E-state index in [2.05, 4.69) is 10.5 Å². The predicted molar refractivity (Wildman–Crippen MR) is 104 cm³/mol. The number of piperidine rings is 1. The molecule has 1 aromatic heterocycles. The van der Waals surface area contributed by atoms with Crippen LogP contribution < -0.4 is 5.32 Å². The molecule has 8 heteroatoms. The molecule has 0 radical (unpaired) electrons. The Morgan fingerprint density at radius 2 is 2.00 bits per heavy atom. The van der Waals surface area contributed by atoms with E-state index in [1.807, 2.05) is 37.3 Å². The Balaban J connectivity index is 1.34. The standard InChI is InChI=1S/C20H25N3O4S/c1-14-11-17(21-20(24)18-12-19(27-22-18)16-7-8-16)9-10-23(14)28(25,26)13-15-5-3-2-4-6-15/h2-6,12,14,16-17H,7-11,13H2,1H3,(H,21,24)/t14-,17+/m0/s1. The molecule has 28 heavy (non-hydrogen) atoms. The van der Waals surface area contributed by atoms with E-state index in [0.717, 1.165) is 24.2 Å². The quantitative estimate of drug-likeness (QED) is 0.800. The fourth-order valence-corrected chi connectivity index (χ4v) is 5.58. The molecule has 1 aromatic carbocycles. The highest BCUT2D eigenvalue weighted by Gasteiger charge is 2.35. The Bertz CT molecular complexity index is 937. The van der Waals surface area contributed by atoms with Gasteiger partial charge in [0.15, 0.2) is 5.69 Å². The van der Waals surface area contributed by atoms with Crippen molar-refractivity contribution >= 4 is 15.9 Å². The van der Waals surface area contributed by atoms with Crippen molar-refractivity contribution in [2.45, 2.75) is 56.4 Å². The Labute approximate surface area is 165 Å². The molecule has 2 fully saturated rings. The van der Waals surface area contributed by atoms with E-state index in [1.54, 1.807) is 10.4 Å². The second-order valence-corrected chi connectivity index (χ2v) is 9.71. The second-order valence-electron chi connectivity index (χ2n) is 7.79. The van der Waals surface area contributed by atoms with Crippen LogP contribution in [-0.2, 0) is 15.8 Å². The van der Waals surface area contributed by atoms with Crippen molar-refractivity contribution < 1.29 is 17.7 Å². The van der Waals surface area contributed by atoms with Crippen LogP contribution in [0.1, 0.15) is 60.3 Å². The first-order valence-electron chi connectivity index (χ1n) is 9.73. The van der Waals surface area contributed by atoms with Crippen LogP contribution in [0.5, 0.6) is 0 Å². The van der Waals surface area contributed by atoms with Gasteiger partial charge in [-0.1, -0.05) is 35.5 Å². The highest BCUT2D eigenvalue weighted by molar-refractivity contribution is 7.88. The summed E-state index contributed by atoms with van der Waals surface area (Å²) in [6.07, 6.45) is 3.33. The maximum atomic E-state index is 12.8. The third-order valence-corrected chi connectivity index (χ3v) is 7.40. The molecule has 2 aromatic rings. The van der Waals surface area contributed by atoms with Gasteiger partial charge in [-0.05, 0) is 38.2 Å². The number of rotatable bonds is 6. The molecule has 7 nitrogen and oxygen atoms in total. The second kappa shape index (κ2) is 7.67. The van der Waals surface area contributed by atoms with E-state index >= 15 is 0 Å². The first kappa shape index (κ1) is 19.1.